The van der Waals surface area contributed by atoms with E-state index < -0.39 is 5.91 Å². The number of aryl methyl sites for hydroxylation is 1. The molecule has 12 heteroatoms. The first kappa shape index (κ1) is 24.3. The minimum Gasteiger partial charge on any atom is -0.489 e. The molecule has 3 aromatic carbocycles. The van der Waals surface area contributed by atoms with Crippen LogP contribution in [-0.4, -0.2) is 37.4 Å². The Kier molecular flexibility index (Phi) is 6.85. The molecule has 0 unspecified atom stereocenters. The number of anilines is 1. The van der Waals surface area contributed by atoms with Gasteiger partial charge in [0.05, 0.1) is 6.21 Å². The van der Waals surface area contributed by atoms with Gasteiger partial charge in [0, 0.05) is 5.56 Å². The van der Waals surface area contributed by atoms with Crippen LogP contribution in [0.4, 0.5) is 10.2 Å². The lowest BCUT2D eigenvalue weighted by Crippen LogP contribution is -2.19. The lowest BCUT2D eigenvalue weighted by Gasteiger charge is -2.07. The molecule has 2 heterocycles. The number of benzene rings is 3. The van der Waals surface area contributed by atoms with Gasteiger partial charge >= 0.3 is 0 Å². The molecule has 0 spiro atoms. The van der Waals surface area contributed by atoms with Gasteiger partial charge in [-0.25, -0.2) is 14.4 Å². The average molecular weight is 513 g/mol. The second-order valence-corrected chi connectivity index (χ2v) is 8.22. The predicted octanol–water partition coefficient (Wildman–Crippen LogP) is 3.69. The molecular formula is C26H21FN8O3. The molecule has 0 bridgehead atoms. The van der Waals surface area contributed by atoms with Gasteiger partial charge in [0.2, 0.25) is 11.6 Å². The molecule has 11 nitrogen and oxygen atoms in total. The highest BCUT2D eigenvalue weighted by Gasteiger charge is 2.25. The molecule has 0 aliphatic heterocycles. The number of nitrogens with one attached hydrogen (secondary N) is 1. The van der Waals surface area contributed by atoms with Gasteiger partial charge in [-0.2, -0.15) is 9.78 Å². The standard InChI is InChI=1S/C26H21FN8O3/c1-16-2-8-19(9-3-16)23-22(30-34-35(23)25-24(28)32-38-33-25)26(36)31-29-14-17-6-12-21(13-7-17)37-15-18-4-10-20(27)11-5-18/h2-14H,15H2,1H3,(H2,28,32)(H,31,36)/b29-14-. The highest BCUT2D eigenvalue weighted by molar-refractivity contribution is 5.98. The maximum absolute atomic E-state index is 13.0. The number of amides is 1. The molecule has 3 N–H and O–H groups in total. The van der Waals surface area contributed by atoms with E-state index in [1.165, 1.54) is 23.0 Å². The number of carbonyl (C=O) groups is 1. The summed E-state index contributed by atoms with van der Waals surface area (Å²) >= 11 is 0. The van der Waals surface area contributed by atoms with Crippen LogP contribution in [0.1, 0.15) is 27.2 Å². The van der Waals surface area contributed by atoms with Crippen molar-refractivity contribution in [1.29, 1.82) is 0 Å². The zero-order chi connectivity index (χ0) is 26.5. The second-order valence-electron chi connectivity index (χ2n) is 8.22. The first-order chi connectivity index (χ1) is 18.5. The van der Waals surface area contributed by atoms with E-state index in [9.17, 15) is 9.18 Å². The third-order valence-electron chi connectivity index (χ3n) is 5.49. The minimum absolute atomic E-state index is 0.00154. The van der Waals surface area contributed by atoms with Gasteiger partial charge in [0.15, 0.2) is 5.69 Å². The molecule has 190 valence electrons. The largest absolute Gasteiger partial charge is 0.489 e. The van der Waals surface area contributed by atoms with E-state index >= 15 is 0 Å². The number of ether oxygens (including phenoxy) is 1. The van der Waals surface area contributed by atoms with Crippen LogP contribution in [-0.2, 0) is 6.61 Å². The summed E-state index contributed by atoms with van der Waals surface area (Å²) in [5, 5.41) is 19.4. The quantitative estimate of drug-likeness (QED) is 0.236. The van der Waals surface area contributed by atoms with E-state index in [1.54, 1.807) is 36.4 Å². The molecular weight excluding hydrogens is 491 g/mol. The smallest absolute Gasteiger partial charge is 0.294 e. The lowest BCUT2D eigenvalue weighted by atomic mass is 10.1. The minimum atomic E-state index is -0.586. The number of hydrazone groups is 1. The first-order valence-electron chi connectivity index (χ1n) is 11.4. The Morgan fingerprint density at radius 3 is 2.50 bits per heavy atom. The SMILES string of the molecule is Cc1ccc(-c2c(C(=O)N/N=C\c3ccc(OCc4ccc(F)cc4)cc3)nnn2-c2nonc2N)cc1. The van der Waals surface area contributed by atoms with E-state index in [0.717, 1.165) is 16.7 Å². The molecule has 1 amide bonds. The van der Waals surface area contributed by atoms with E-state index in [1.807, 2.05) is 31.2 Å². The summed E-state index contributed by atoms with van der Waals surface area (Å²) in [7, 11) is 0. The van der Waals surface area contributed by atoms with Crippen LogP contribution in [0.15, 0.2) is 82.5 Å². The number of aromatic nitrogens is 5. The summed E-state index contributed by atoms with van der Waals surface area (Å²) in [4.78, 5) is 13.0. The van der Waals surface area contributed by atoms with Crippen LogP contribution >= 0.6 is 0 Å². The lowest BCUT2D eigenvalue weighted by molar-refractivity contribution is 0.0950. The summed E-state index contributed by atoms with van der Waals surface area (Å²) in [6, 6.07) is 20.6. The van der Waals surface area contributed by atoms with E-state index in [-0.39, 0.29) is 23.1 Å². The maximum Gasteiger partial charge on any atom is 0.294 e. The molecule has 0 saturated heterocycles. The van der Waals surface area contributed by atoms with Crippen molar-refractivity contribution >= 4 is 17.9 Å². The summed E-state index contributed by atoms with van der Waals surface area (Å²) in [5.74, 6) is -0.137. The number of rotatable bonds is 8. The topological polar surface area (TPSA) is 146 Å². The van der Waals surface area contributed by atoms with Crippen molar-refractivity contribution < 1.29 is 18.6 Å². The molecule has 5 aromatic rings. The van der Waals surface area contributed by atoms with Crippen LogP contribution < -0.4 is 15.9 Å². The predicted molar refractivity (Wildman–Crippen MR) is 136 cm³/mol. The second kappa shape index (κ2) is 10.7. The molecule has 0 aliphatic carbocycles. The highest BCUT2D eigenvalue weighted by Crippen LogP contribution is 2.26. The number of halogens is 1. The number of nitrogens with two attached hydrogens (primary N) is 1. The van der Waals surface area contributed by atoms with Crippen molar-refractivity contribution in [2.75, 3.05) is 5.73 Å². The Morgan fingerprint density at radius 1 is 1.08 bits per heavy atom. The normalized spacial score (nSPS) is 11.1. The van der Waals surface area contributed by atoms with E-state index in [0.29, 0.717) is 23.6 Å². The molecule has 0 fully saturated rings. The molecule has 2 aromatic heterocycles. The summed E-state index contributed by atoms with van der Waals surface area (Å²) in [6.45, 7) is 2.26. The number of nitrogen functional groups attached to an aromatic ring is 1. The Balaban J connectivity index is 1.28. The third-order valence-corrected chi connectivity index (χ3v) is 5.49. The van der Waals surface area contributed by atoms with Gasteiger partial charge in [0.25, 0.3) is 5.91 Å². The number of hydrogen-bond acceptors (Lipinski definition) is 9. The van der Waals surface area contributed by atoms with Gasteiger partial charge in [0.1, 0.15) is 23.9 Å². The average Bonchev–Trinajstić information content (AvgIpc) is 3.55. The molecule has 0 atom stereocenters. The van der Waals surface area contributed by atoms with Crippen LogP contribution in [0, 0.1) is 12.7 Å². The van der Waals surface area contributed by atoms with Crippen molar-refractivity contribution in [2.24, 2.45) is 5.10 Å². The molecule has 0 saturated carbocycles. The fourth-order valence-corrected chi connectivity index (χ4v) is 3.51. The number of nitrogens with zero attached hydrogens (tertiary/aromatic N) is 6. The molecule has 0 radical (unpaired) electrons. The van der Waals surface area contributed by atoms with E-state index in [2.05, 4.69) is 35.8 Å². The first-order valence-corrected chi connectivity index (χ1v) is 11.4. The summed E-state index contributed by atoms with van der Waals surface area (Å²) in [6.07, 6.45) is 1.48. The van der Waals surface area contributed by atoms with Gasteiger partial charge in [-0.3, -0.25) is 4.79 Å². The van der Waals surface area contributed by atoms with Crippen LogP contribution in [0.5, 0.6) is 5.75 Å². The van der Waals surface area contributed by atoms with Crippen molar-refractivity contribution in [3.8, 4) is 22.8 Å². The zero-order valence-electron chi connectivity index (χ0n) is 20.1. The van der Waals surface area contributed by atoms with Crippen molar-refractivity contribution in [3.63, 3.8) is 0 Å². The van der Waals surface area contributed by atoms with Gasteiger partial charge in [-0.1, -0.05) is 47.2 Å². The Bertz CT molecular complexity index is 1580. The van der Waals surface area contributed by atoms with Crippen LogP contribution in [0.2, 0.25) is 0 Å². The fourth-order valence-electron chi connectivity index (χ4n) is 3.51. The monoisotopic (exact) mass is 512 g/mol. The van der Waals surface area contributed by atoms with Crippen LogP contribution in [0.25, 0.3) is 17.1 Å². The summed E-state index contributed by atoms with van der Waals surface area (Å²) in [5.41, 5.74) is 11.9. The van der Waals surface area contributed by atoms with Crippen molar-refractivity contribution in [2.45, 2.75) is 13.5 Å². The summed E-state index contributed by atoms with van der Waals surface area (Å²) < 4.78 is 24.7. The maximum atomic E-state index is 13.0. The fraction of sp³-hybridized carbons (Fsp3) is 0.0769. The van der Waals surface area contributed by atoms with Gasteiger partial charge in [-0.05, 0) is 64.8 Å². The molecule has 38 heavy (non-hydrogen) atoms. The number of hydrogen-bond donors (Lipinski definition) is 2. The highest BCUT2D eigenvalue weighted by atomic mass is 19.1. The van der Waals surface area contributed by atoms with Crippen LogP contribution in [0.3, 0.4) is 0 Å². The van der Waals surface area contributed by atoms with Crippen molar-refractivity contribution in [1.82, 2.24) is 30.7 Å². The van der Waals surface area contributed by atoms with Gasteiger partial charge < -0.3 is 10.5 Å². The molecule has 0 aliphatic rings. The van der Waals surface area contributed by atoms with E-state index in [4.69, 9.17) is 10.5 Å². The Hall–Kier alpha value is -5.39. The Labute approximate surface area is 215 Å². The Morgan fingerprint density at radius 2 is 1.82 bits per heavy atom. The zero-order valence-corrected chi connectivity index (χ0v) is 20.1. The molecule has 5 rings (SSSR count). The van der Waals surface area contributed by atoms with Gasteiger partial charge in [-0.15, -0.1) is 5.10 Å². The number of carbonyl (C=O) groups excluding carboxylic acids is 1. The third kappa shape index (κ3) is 5.38. The van der Waals surface area contributed by atoms with Crippen molar-refractivity contribution in [3.05, 3.63) is 101 Å².